The second kappa shape index (κ2) is 10.1. The standard InChI is InChI=1S/C40H26N2/c1-2-12-29(13-3-1)38-37-23-22-28-11-6-7-19-36(28)39(37)42-40(41-38)35-18-9-17-33(26-35)31-15-8-16-32(25-31)34-21-20-27-10-4-5-14-30(27)24-34/h1-26H. The Morgan fingerprint density at radius 3 is 1.67 bits per heavy atom. The summed E-state index contributed by atoms with van der Waals surface area (Å²) in [6, 6.07) is 55.7. The molecule has 8 aromatic rings. The van der Waals surface area contributed by atoms with Gasteiger partial charge in [-0.25, -0.2) is 9.97 Å². The zero-order valence-corrected chi connectivity index (χ0v) is 22.9. The number of hydrogen-bond donors (Lipinski definition) is 0. The normalized spacial score (nSPS) is 11.3. The highest BCUT2D eigenvalue weighted by molar-refractivity contribution is 6.09. The Kier molecular flexibility index (Phi) is 5.82. The lowest BCUT2D eigenvalue weighted by molar-refractivity contribution is 1.23. The minimum atomic E-state index is 0.727. The van der Waals surface area contributed by atoms with Crippen LogP contribution in [0, 0.1) is 0 Å². The van der Waals surface area contributed by atoms with Crippen LogP contribution in [0.5, 0.6) is 0 Å². The highest BCUT2D eigenvalue weighted by Gasteiger charge is 2.14. The molecule has 8 rings (SSSR count). The third-order valence-corrected chi connectivity index (χ3v) is 8.04. The van der Waals surface area contributed by atoms with Crippen molar-refractivity contribution < 1.29 is 0 Å². The lowest BCUT2D eigenvalue weighted by Crippen LogP contribution is -1.96. The van der Waals surface area contributed by atoms with E-state index in [0.717, 1.165) is 50.1 Å². The highest BCUT2D eigenvalue weighted by Crippen LogP contribution is 2.35. The van der Waals surface area contributed by atoms with Crippen LogP contribution < -0.4 is 0 Å². The Morgan fingerprint density at radius 1 is 0.310 bits per heavy atom. The molecule has 196 valence electrons. The van der Waals surface area contributed by atoms with E-state index in [-0.39, 0.29) is 0 Å². The molecule has 1 aromatic heterocycles. The molecular weight excluding hydrogens is 508 g/mol. The summed E-state index contributed by atoms with van der Waals surface area (Å²) in [5.74, 6) is 0.727. The Hall–Kier alpha value is -5.60. The number of aromatic nitrogens is 2. The van der Waals surface area contributed by atoms with Gasteiger partial charge in [-0.3, -0.25) is 0 Å². The summed E-state index contributed by atoms with van der Waals surface area (Å²) in [5, 5.41) is 5.87. The van der Waals surface area contributed by atoms with Gasteiger partial charge in [0.15, 0.2) is 5.82 Å². The summed E-state index contributed by atoms with van der Waals surface area (Å²) in [6.45, 7) is 0. The molecule has 0 aliphatic rings. The third kappa shape index (κ3) is 4.31. The van der Waals surface area contributed by atoms with Crippen LogP contribution in [-0.4, -0.2) is 9.97 Å². The summed E-state index contributed by atoms with van der Waals surface area (Å²) in [4.78, 5) is 10.3. The smallest absolute Gasteiger partial charge is 0.160 e. The molecule has 0 aliphatic heterocycles. The molecule has 42 heavy (non-hydrogen) atoms. The molecule has 2 heteroatoms. The molecule has 2 nitrogen and oxygen atoms in total. The van der Waals surface area contributed by atoms with E-state index >= 15 is 0 Å². The van der Waals surface area contributed by atoms with Gasteiger partial charge in [-0.1, -0.05) is 133 Å². The van der Waals surface area contributed by atoms with Crippen molar-refractivity contribution in [3.63, 3.8) is 0 Å². The molecular formula is C40H26N2. The molecule has 0 unspecified atom stereocenters. The second-order valence-electron chi connectivity index (χ2n) is 10.7. The molecule has 0 saturated carbocycles. The van der Waals surface area contributed by atoms with Crippen molar-refractivity contribution in [3.8, 4) is 44.9 Å². The summed E-state index contributed by atoms with van der Waals surface area (Å²) in [7, 11) is 0. The molecule has 0 atom stereocenters. The van der Waals surface area contributed by atoms with Gasteiger partial charge in [0.05, 0.1) is 11.2 Å². The highest BCUT2D eigenvalue weighted by atomic mass is 14.9. The van der Waals surface area contributed by atoms with Crippen molar-refractivity contribution in [2.75, 3.05) is 0 Å². The molecule has 0 N–H and O–H groups in total. The van der Waals surface area contributed by atoms with E-state index in [1.165, 1.54) is 27.3 Å². The van der Waals surface area contributed by atoms with Crippen LogP contribution in [0.4, 0.5) is 0 Å². The number of benzene rings is 7. The van der Waals surface area contributed by atoms with Gasteiger partial charge in [0, 0.05) is 21.9 Å². The summed E-state index contributed by atoms with van der Waals surface area (Å²) >= 11 is 0. The van der Waals surface area contributed by atoms with Crippen molar-refractivity contribution >= 4 is 32.4 Å². The summed E-state index contributed by atoms with van der Waals surface area (Å²) < 4.78 is 0. The van der Waals surface area contributed by atoms with Crippen molar-refractivity contribution in [2.45, 2.75) is 0 Å². The number of fused-ring (bicyclic) bond motifs is 4. The summed E-state index contributed by atoms with van der Waals surface area (Å²) in [6.07, 6.45) is 0. The maximum absolute atomic E-state index is 5.18. The van der Waals surface area contributed by atoms with Gasteiger partial charge in [-0.05, 0) is 62.7 Å². The molecule has 0 spiro atoms. The van der Waals surface area contributed by atoms with Crippen molar-refractivity contribution in [2.24, 2.45) is 0 Å². The molecule has 0 radical (unpaired) electrons. The third-order valence-electron chi connectivity index (χ3n) is 8.04. The monoisotopic (exact) mass is 534 g/mol. The lowest BCUT2D eigenvalue weighted by atomic mass is 9.96. The molecule has 0 fully saturated rings. The minimum Gasteiger partial charge on any atom is -0.227 e. The van der Waals surface area contributed by atoms with Gasteiger partial charge in [-0.2, -0.15) is 0 Å². The molecule has 1 heterocycles. The first-order chi connectivity index (χ1) is 20.8. The molecule has 0 bridgehead atoms. The largest absolute Gasteiger partial charge is 0.227 e. The van der Waals surface area contributed by atoms with Crippen LogP contribution in [0.3, 0.4) is 0 Å². The minimum absolute atomic E-state index is 0.727. The van der Waals surface area contributed by atoms with Crippen molar-refractivity contribution in [1.29, 1.82) is 0 Å². The Morgan fingerprint density at radius 2 is 0.881 bits per heavy atom. The Balaban J connectivity index is 1.26. The van der Waals surface area contributed by atoms with Gasteiger partial charge >= 0.3 is 0 Å². The van der Waals surface area contributed by atoms with E-state index in [1.54, 1.807) is 0 Å². The Bertz CT molecular complexity index is 2250. The number of nitrogens with zero attached hydrogens (tertiary/aromatic N) is 2. The average Bonchev–Trinajstić information content (AvgIpc) is 3.08. The van der Waals surface area contributed by atoms with Crippen LogP contribution in [0.1, 0.15) is 0 Å². The lowest BCUT2D eigenvalue weighted by Gasteiger charge is -2.12. The molecule has 0 aliphatic carbocycles. The zero-order chi connectivity index (χ0) is 27.9. The average molecular weight is 535 g/mol. The van der Waals surface area contributed by atoms with Gasteiger partial charge in [-0.15, -0.1) is 0 Å². The van der Waals surface area contributed by atoms with Crippen LogP contribution in [-0.2, 0) is 0 Å². The van der Waals surface area contributed by atoms with Crippen LogP contribution in [0.15, 0.2) is 158 Å². The number of rotatable bonds is 4. The molecule has 0 saturated heterocycles. The first-order valence-corrected chi connectivity index (χ1v) is 14.3. The van der Waals surface area contributed by atoms with Gasteiger partial charge in [0.2, 0.25) is 0 Å². The quantitative estimate of drug-likeness (QED) is 0.210. The SMILES string of the molecule is c1ccc(-c2nc(-c3cccc(-c4cccc(-c5ccc6ccccc6c5)c4)c3)nc3c2ccc2ccccc23)cc1. The fourth-order valence-electron chi connectivity index (χ4n) is 5.89. The fraction of sp³-hybridized carbons (Fsp3) is 0. The fourth-order valence-corrected chi connectivity index (χ4v) is 5.89. The first kappa shape index (κ1) is 24.2. The van der Waals surface area contributed by atoms with E-state index < -0.39 is 0 Å². The predicted octanol–water partition coefficient (Wildman–Crippen LogP) is 10.6. The van der Waals surface area contributed by atoms with Gasteiger partial charge in [0.25, 0.3) is 0 Å². The van der Waals surface area contributed by atoms with Crippen molar-refractivity contribution in [3.05, 3.63) is 158 Å². The van der Waals surface area contributed by atoms with E-state index in [1.807, 2.05) is 6.07 Å². The van der Waals surface area contributed by atoms with E-state index in [0.29, 0.717) is 0 Å². The van der Waals surface area contributed by atoms with E-state index in [4.69, 9.17) is 9.97 Å². The van der Waals surface area contributed by atoms with E-state index in [9.17, 15) is 0 Å². The molecule has 7 aromatic carbocycles. The van der Waals surface area contributed by atoms with Crippen LogP contribution >= 0.6 is 0 Å². The second-order valence-corrected chi connectivity index (χ2v) is 10.7. The maximum atomic E-state index is 5.18. The van der Waals surface area contributed by atoms with Crippen LogP contribution in [0.2, 0.25) is 0 Å². The summed E-state index contributed by atoms with van der Waals surface area (Å²) in [5.41, 5.74) is 8.71. The predicted molar refractivity (Wildman–Crippen MR) is 176 cm³/mol. The van der Waals surface area contributed by atoms with Crippen LogP contribution in [0.25, 0.3) is 77.3 Å². The zero-order valence-electron chi connectivity index (χ0n) is 22.9. The maximum Gasteiger partial charge on any atom is 0.160 e. The molecule has 0 amide bonds. The van der Waals surface area contributed by atoms with Crippen molar-refractivity contribution in [1.82, 2.24) is 9.97 Å². The Labute approximate surface area is 244 Å². The van der Waals surface area contributed by atoms with E-state index in [2.05, 4.69) is 152 Å². The number of hydrogen-bond acceptors (Lipinski definition) is 2. The topological polar surface area (TPSA) is 25.8 Å². The van der Waals surface area contributed by atoms with Gasteiger partial charge in [0.1, 0.15) is 0 Å². The van der Waals surface area contributed by atoms with Gasteiger partial charge < -0.3 is 0 Å². The first-order valence-electron chi connectivity index (χ1n) is 14.3.